The second-order valence-corrected chi connectivity index (χ2v) is 4.94. The standard InChI is InChI=1S/C12H12FN3O2S/c1-7-2-12(18-16-7)15-11(17)6-19-10-4-8(13)3-9(14)5-10/h2-5H,6,14H2,1H3,(H,15,17). The number of halogens is 1. The normalized spacial score (nSPS) is 10.4. The third-order valence-electron chi connectivity index (χ3n) is 2.15. The number of nitrogens with two attached hydrogens (primary N) is 1. The molecule has 0 aliphatic carbocycles. The Labute approximate surface area is 113 Å². The van der Waals surface area contributed by atoms with Gasteiger partial charge in [-0.15, -0.1) is 11.8 Å². The molecule has 0 aliphatic rings. The second-order valence-electron chi connectivity index (χ2n) is 3.89. The van der Waals surface area contributed by atoms with Crippen LogP contribution < -0.4 is 11.1 Å². The lowest BCUT2D eigenvalue weighted by Crippen LogP contribution is -2.13. The van der Waals surface area contributed by atoms with Gasteiger partial charge in [0.15, 0.2) is 0 Å². The van der Waals surface area contributed by atoms with Crippen molar-refractivity contribution < 1.29 is 13.7 Å². The van der Waals surface area contributed by atoms with Gasteiger partial charge in [-0.3, -0.25) is 10.1 Å². The minimum atomic E-state index is -0.422. The number of anilines is 2. The Morgan fingerprint density at radius 1 is 1.47 bits per heavy atom. The maximum absolute atomic E-state index is 13.1. The Morgan fingerprint density at radius 3 is 2.89 bits per heavy atom. The molecule has 0 fully saturated rings. The predicted octanol–water partition coefficient (Wildman–Crippen LogP) is 2.44. The van der Waals surface area contributed by atoms with Crippen molar-refractivity contribution in [3.63, 3.8) is 0 Å². The fourth-order valence-corrected chi connectivity index (χ4v) is 2.20. The summed E-state index contributed by atoms with van der Waals surface area (Å²) in [7, 11) is 0. The highest BCUT2D eigenvalue weighted by Gasteiger charge is 2.08. The van der Waals surface area contributed by atoms with Gasteiger partial charge >= 0.3 is 0 Å². The van der Waals surface area contributed by atoms with E-state index in [4.69, 9.17) is 10.3 Å². The molecule has 1 aromatic carbocycles. The molecule has 0 unspecified atom stereocenters. The first-order chi connectivity index (χ1) is 9.02. The van der Waals surface area contributed by atoms with Crippen LogP contribution in [0.2, 0.25) is 0 Å². The first-order valence-electron chi connectivity index (χ1n) is 5.45. The SMILES string of the molecule is Cc1cc(NC(=O)CSc2cc(N)cc(F)c2)on1. The van der Waals surface area contributed by atoms with Crippen molar-refractivity contribution in [3.05, 3.63) is 35.8 Å². The number of nitrogens with zero attached hydrogens (tertiary/aromatic N) is 1. The van der Waals surface area contributed by atoms with Crippen LogP contribution in [0, 0.1) is 12.7 Å². The lowest BCUT2D eigenvalue weighted by Gasteiger charge is -2.03. The number of hydrogen-bond donors (Lipinski definition) is 2. The lowest BCUT2D eigenvalue weighted by atomic mass is 10.3. The zero-order valence-corrected chi connectivity index (χ0v) is 11.0. The Bertz CT molecular complexity index is 580. The van der Waals surface area contributed by atoms with Crippen LogP contribution in [0.3, 0.4) is 0 Å². The highest BCUT2D eigenvalue weighted by molar-refractivity contribution is 8.00. The molecule has 2 rings (SSSR count). The average molecular weight is 281 g/mol. The van der Waals surface area contributed by atoms with E-state index in [-0.39, 0.29) is 11.7 Å². The van der Waals surface area contributed by atoms with Gasteiger partial charge in [-0.25, -0.2) is 4.39 Å². The van der Waals surface area contributed by atoms with Crippen LogP contribution in [0.25, 0.3) is 0 Å². The zero-order valence-electron chi connectivity index (χ0n) is 10.1. The molecule has 0 atom stereocenters. The Morgan fingerprint density at radius 2 is 2.26 bits per heavy atom. The Balaban J connectivity index is 1.89. The quantitative estimate of drug-likeness (QED) is 0.664. The molecule has 5 nitrogen and oxygen atoms in total. The van der Waals surface area contributed by atoms with Crippen LogP contribution in [0.5, 0.6) is 0 Å². The van der Waals surface area contributed by atoms with E-state index in [9.17, 15) is 9.18 Å². The number of rotatable bonds is 4. The fraction of sp³-hybridized carbons (Fsp3) is 0.167. The van der Waals surface area contributed by atoms with E-state index in [1.807, 2.05) is 0 Å². The van der Waals surface area contributed by atoms with Gasteiger partial charge in [-0.2, -0.15) is 0 Å². The van der Waals surface area contributed by atoms with Crippen molar-refractivity contribution in [3.8, 4) is 0 Å². The Hall–Kier alpha value is -2.02. The van der Waals surface area contributed by atoms with Crippen molar-refractivity contribution in [2.45, 2.75) is 11.8 Å². The molecule has 100 valence electrons. The summed E-state index contributed by atoms with van der Waals surface area (Å²) in [4.78, 5) is 12.2. The average Bonchev–Trinajstić information content (AvgIpc) is 2.71. The van der Waals surface area contributed by atoms with Crippen LogP contribution in [-0.4, -0.2) is 16.8 Å². The van der Waals surface area contributed by atoms with E-state index in [0.29, 0.717) is 22.2 Å². The zero-order chi connectivity index (χ0) is 13.8. The molecule has 0 aliphatic heterocycles. The van der Waals surface area contributed by atoms with Gasteiger partial charge in [0.05, 0.1) is 11.4 Å². The molecule has 0 saturated heterocycles. The minimum absolute atomic E-state index is 0.128. The third-order valence-corrected chi connectivity index (χ3v) is 3.13. The van der Waals surface area contributed by atoms with Gasteiger partial charge < -0.3 is 10.3 Å². The first-order valence-corrected chi connectivity index (χ1v) is 6.43. The summed E-state index contributed by atoms with van der Waals surface area (Å²) < 4.78 is 17.9. The van der Waals surface area contributed by atoms with E-state index in [0.717, 1.165) is 0 Å². The molecule has 0 radical (unpaired) electrons. The smallest absolute Gasteiger partial charge is 0.237 e. The van der Waals surface area contributed by atoms with Crippen molar-refractivity contribution >= 4 is 29.2 Å². The molecule has 0 spiro atoms. The summed E-state index contributed by atoms with van der Waals surface area (Å²) in [5, 5.41) is 6.20. The van der Waals surface area contributed by atoms with Crippen molar-refractivity contribution in [2.75, 3.05) is 16.8 Å². The molecule has 19 heavy (non-hydrogen) atoms. The molecule has 0 bridgehead atoms. The molecule has 1 amide bonds. The highest BCUT2D eigenvalue weighted by atomic mass is 32.2. The summed E-state index contributed by atoms with van der Waals surface area (Å²) in [5.74, 6) is -0.262. The van der Waals surface area contributed by atoms with Crippen LogP contribution in [0.15, 0.2) is 33.7 Å². The molecular formula is C12H12FN3O2S. The fourth-order valence-electron chi connectivity index (χ4n) is 1.41. The van der Waals surface area contributed by atoms with Crippen molar-refractivity contribution in [2.24, 2.45) is 0 Å². The summed E-state index contributed by atoms with van der Waals surface area (Å²) in [6.07, 6.45) is 0. The number of hydrogen-bond acceptors (Lipinski definition) is 5. The number of nitrogens with one attached hydrogen (secondary N) is 1. The van der Waals surface area contributed by atoms with Gasteiger partial charge in [0.1, 0.15) is 5.82 Å². The summed E-state index contributed by atoms with van der Waals surface area (Å²) in [6, 6.07) is 5.77. The van der Waals surface area contributed by atoms with Gasteiger partial charge in [-0.05, 0) is 25.1 Å². The van der Waals surface area contributed by atoms with E-state index < -0.39 is 5.82 Å². The maximum atomic E-state index is 13.1. The molecule has 7 heteroatoms. The second kappa shape index (κ2) is 5.75. The van der Waals surface area contributed by atoms with E-state index in [2.05, 4.69) is 10.5 Å². The summed E-state index contributed by atoms with van der Waals surface area (Å²) >= 11 is 1.19. The van der Waals surface area contributed by atoms with Gasteiger partial charge in [-0.1, -0.05) is 5.16 Å². The number of aromatic nitrogens is 1. The minimum Gasteiger partial charge on any atom is -0.399 e. The van der Waals surface area contributed by atoms with Gasteiger partial charge in [0.2, 0.25) is 11.8 Å². The predicted molar refractivity (Wildman–Crippen MR) is 71.4 cm³/mol. The number of amides is 1. The topological polar surface area (TPSA) is 81.2 Å². The van der Waals surface area contributed by atoms with Crippen LogP contribution >= 0.6 is 11.8 Å². The van der Waals surface area contributed by atoms with Crippen molar-refractivity contribution in [1.29, 1.82) is 0 Å². The molecule has 3 N–H and O–H groups in total. The van der Waals surface area contributed by atoms with E-state index in [1.165, 1.54) is 23.9 Å². The van der Waals surface area contributed by atoms with Gasteiger partial charge in [0, 0.05) is 16.6 Å². The monoisotopic (exact) mass is 281 g/mol. The van der Waals surface area contributed by atoms with Crippen LogP contribution in [-0.2, 0) is 4.79 Å². The summed E-state index contributed by atoms with van der Waals surface area (Å²) in [5.41, 5.74) is 6.52. The maximum Gasteiger partial charge on any atom is 0.237 e. The molecule has 1 heterocycles. The summed E-state index contributed by atoms with van der Waals surface area (Å²) in [6.45, 7) is 1.75. The Kier molecular flexibility index (Phi) is 4.06. The number of benzene rings is 1. The number of aryl methyl sites for hydroxylation is 1. The van der Waals surface area contributed by atoms with Crippen LogP contribution in [0.4, 0.5) is 16.0 Å². The first kappa shape index (κ1) is 13.4. The number of carbonyl (C=O) groups excluding carboxylic acids is 1. The van der Waals surface area contributed by atoms with Gasteiger partial charge in [0.25, 0.3) is 0 Å². The molecule has 2 aromatic rings. The highest BCUT2D eigenvalue weighted by Crippen LogP contribution is 2.22. The third kappa shape index (κ3) is 3.99. The number of nitrogen functional groups attached to an aromatic ring is 1. The van der Waals surface area contributed by atoms with E-state index in [1.54, 1.807) is 19.1 Å². The molecule has 0 saturated carbocycles. The molecular weight excluding hydrogens is 269 g/mol. The molecule has 1 aromatic heterocycles. The van der Waals surface area contributed by atoms with Crippen molar-refractivity contribution in [1.82, 2.24) is 5.16 Å². The largest absolute Gasteiger partial charge is 0.399 e. The van der Waals surface area contributed by atoms with Crippen LogP contribution in [0.1, 0.15) is 5.69 Å². The van der Waals surface area contributed by atoms with E-state index >= 15 is 0 Å². The number of carbonyl (C=O) groups is 1. The lowest BCUT2D eigenvalue weighted by molar-refractivity contribution is -0.113. The number of thioether (sulfide) groups is 1.